The first-order chi connectivity index (χ1) is 8.24. The molecule has 1 saturated heterocycles. The Balaban J connectivity index is 2.10. The lowest BCUT2D eigenvalue weighted by Gasteiger charge is -2.39. The first kappa shape index (κ1) is 12.2. The highest BCUT2D eigenvalue weighted by Gasteiger charge is 2.32. The van der Waals surface area contributed by atoms with Crippen molar-refractivity contribution in [1.82, 2.24) is 9.88 Å². The molecule has 2 heterocycles. The van der Waals surface area contributed by atoms with Gasteiger partial charge in [0, 0.05) is 25.5 Å². The lowest BCUT2D eigenvalue weighted by atomic mass is 9.92. The van der Waals surface area contributed by atoms with Crippen molar-refractivity contribution >= 4 is 6.29 Å². The minimum atomic E-state index is -0.439. The fourth-order valence-corrected chi connectivity index (χ4v) is 2.22. The molecule has 17 heavy (non-hydrogen) atoms. The van der Waals surface area contributed by atoms with Crippen LogP contribution in [0.15, 0.2) is 24.5 Å². The number of pyridine rings is 1. The van der Waals surface area contributed by atoms with Gasteiger partial charge in [-0.05, 0) is 31.0 Å². The van der Waals surface area contributed by atoms with Crippen LogP contribution in [0.25, 0.3) is 0 Å². The van der Waals surface area contributed by atoms with Gasteiger partial charge in [0.15, 0.2) is 0 Å². The van der Waals surface area contributed by atoms with Gasteiger partial charge in [0.25, 0.3) is 0 Å². The number of aromatic nitrogens is 1. The number of aldehydes is 1. The van der Waals surface area contributed by atoms with Crippen LogP contribution in [0.4, 0.5) is 0 Å². The van der Waals surface area contributed by atoms with Crippen LogP contribution in [0.2, 0.25) is 0 Å². The number of hydrogen-bond donors (Lipinski definition) is 0. The number of ether oxygens (including phenoxy) is 1. The van der Waals surface area contributed by atoms with E-state index in [-0.39, 0.29) is 0 Å². The molecule has 1 unspecified atom stereocenters. The standard InChI is InChI=1S/C13H18N2O2/c1-13(11-16,15-6-8-17-9-7-15)10-12-2-4-14-5-3-12/h2-5,11H,6-10H2,1H3. The van der Waals surface area contributed by atoms with E-state index in [0.717, 1.165) is 31.4 Å². The molecule has 0 amide bonds. The summed E-state index contributed by atoms with van der Waals surface area (Å²) in [6.07, 6.45) is 5.30. The Hall–Kier alpha value is -1.26. The predicted octanol–water partition coefficient (Wildman–Crippen LogP) is 0.914. The summed E-state index contributed by atoms with van der Waals surface area (Å²) < 4.78 is 5.32. The number of carbonyl (C=O) groups is 1. The summed E-state index contributed by atoms with van der Waals surface area (Å²) in [5.41, 5.74) is 0.701. The van der Waals surface area contributed by atoms with E-state index < -0.39 is 5.54 Å². The van der Waals surface area contributed by atoms with Crippen LogP contribution in [0.3, 0.4) is 0 Å². The van der Waals surface area contributed by atoms with E-state index >= 15 is 0 Å². The molecule has 1 atom stereocenters. The Morgan fingerprint density at radius 1 is 1.41 bits per heavy atom. The number of rotatable bonds is 4. The highest BCUT2D eigenvalue weighted by molar-refractivity contribution is 5.64. The third kappa shape index (κ3) is 2.90. The number of morpholine rings is 1. The molecule has 1 aromatic heterocycles. The monoisotopic (exact) mass is 234 g/mol. The van der Waals surface area contributed by atoms with Crippen molar-refractivity contribution in [3.8, 4) is 0 Å². The Bertz CT molecular complexity index is 363. The van der Waals surface area contributed by atoms with Crippen LogP contribution in [0.5, 0.6) is 0 Å². The summed E-state index contributed by atoms with van der Waals surface area (Å²) in [5, 5.41) is 0. The molecule has 0 bridgehead atoms. The van der Waals surface area contributed by atoms with Gasteiger partial charge in [0.2, 0.25) is 0 Å². The molecule has 0 N–H and O–H groups in total. The zero-order valence-electron chi connectivity index (χ0n) is 10.1. The van der Waals surface area contributed by atoms with Crippen molar-refractivity contribution in [3.05, 3.63) is 30.1 Å². The molecule has 1 fully saturated rings. The fourth-order valence-electron chi connectivity index (χ4n) is 2.22. The lowest BCUT2D eigenvalue weighted by Crippen LogP contribution is -2.54. The van der Waals surface area contributed by atoms with Gasteiger partial charge in [-0.2, -0.15) is 0 Å². The Labute approximate surface area is 102 Å². The summed E-state index contributed by atoms with van der Waals surface area (Å²) in [5.74, 6) is 0. The zero-order chi connectivity index (χ0) is 12.1. The highest BCUT2D eigenvalue weighted by atomic mass is 16.5. The first-order valence-corrected chi connectivity index (χ1v) is 5.93. The highest BCUT2D eigenvalue weighted by Crippen LogP contribution is 2.19. The molecule has 92 valence electrons. The van der Waals surface area contributed by atoms with Crippen molar-refractivity contribution in [2.45, 2.75) is 18.9 Å². The Morgan fingerprint density at radius 3 is 2.65 bits per heavy atom. The van der Waals surface area contributed by atoms with E-state index in [9.17, 15) is 4.79 Å². The van der Waals surface area contributed by atoms with Gasteiger partial charge in [-0.1, -0.05) is 0 Å². The van der Waals surface area contributed by atoms with Crippen molar-refractivity contribution in [2.75, 3.05) is 26.3 Å². The topological polar surface area (TPSA) is 42.4 Å². The largest absolute Gasteiger partial charge is 0.379 e. The minimum Gasteiger partial charge on any atom is -0.379 e. The second-order valence-corrected chi connectivity index (χ2v) is 4.61. The summed E-state index contributed by atoms with van der Waals surface area (Å²) >= 11 is 0. The predicted molar refractivity (Wildman–Crippen MR) is 64.8 cm³/mol. The molecule has 0 aromatic carbocycles. The van der Waals surface area contributed by atoms with Crippen LogP contribution in [-0.2, 0) is 16.0 Å². The fraction of sp³-hybridized carbons (Fsp3) is 0.538. The van der Waals surface area contributed by atoms with Crippen LogP contribution in [0, 0.1) is 0 Å². The SMILES string of the molecule is CC(C=O)(Cc1ccncc1)N1CCOCC1. The molecule has 1 aliphatic rings. The maximum absolute atomic E-state index is 11.4. The van der Waals surface area contributed by atoms with E-state index in [4.69, 9.17) is 4.74 Å². The molecule has 0 saturated carbocycles. The maximum atomic E-state index is 11.4. The summed E-state index contributed by atoms with van der Waals surface area (Å²) in [7, 11) is 0. The molecule has 1 aromatic rings. The smallest absolute Gasteiger partial charge is 0.140 e. The maximum Gasteiger partial charge on any atom is 0.140 e. The summed E-state index contributed by atoms with van der Waals surface area (Å²) in [6.45, 7) is 5.05. The summed E-state index contributed by atoms with van der Waals surface area (Å²) in [4.78, 5) is 17.6. The van der Waals surface area contributed by atoms with Gasteiger partial charge in [0.1, 0.15) is 6.29 Å². The van der Waals surface area contributed by atoms with Crippen LogP contribution < -0.4 is 0 Å². The molecule has 4 nitrogen and oxygen atoms in total. The van der Waals surface area contributed by atoms with Gasteiger partial charge >= 0.3 is 0 Å². The van der Waals surface area contributed by atoms with Gasteiger partial charge < -0.3 is 9.53 Å². The van der Waals surface area contributed by atoms with Gasteiger partial charge in [-0.15, -0.1) is 0 Å². The van der Waals surface area contributed by atoms with Crippen molar-refractivity contribution in [2.24, 2.45) is 0 Å². The van der Waals surface area contributed by atoms with Gasteiger partial charge in [-0.25, -0.2) is 0 Å². The number of nitrogens with zero attached hydrogens (tertiary/aromatic N) is 2. The van der Waals surface area contributed by atoms with E-state index in [0.29, 0.717) is 13.2 Å². The lowest BCUT2D eigenvalue weighted by molar-refractivity contribution is -0.120. The van der Waals surface area contributed by atoms with E-state index in [1.165, 1.54) is 0 Å². The first-order valence-electron chi connectivity index (χ1n) is 5.93. The van der Waals surface area contributed by atoms with E-state index in [2.05, 4.69) is 9.88 Å². The molecule has 0 radical (unpaired) electrons. The normalized spacial score (nSPS) is 20.8. The van der Waals surface area contributed by atoms with Crippen molar-refractivity contribution in [1.29, 1.82) is 0 Å². The molecular weight excluding hydrogens is 216 g/mol. The zero-order valence-corrected chi connectivity index (χ0v) is 10.1. The Morgan fingerprint density at radius 2 is 2.06 bits per heavy atom. The molecule has 4 heteroatoms. The van der Waals surface area contributed by atoms with Crippen molar-refractivity contribution in [3.63, 3.8) is 0 Å². The quantitative estimate of drug-likeness (QED) is 0.726. The molecular formula is C13H18N2O2. The second kappa shape index (κ2) is 5.38. The van der Waals surface area contributed by atoms with Gasteiger partial charge in [0.05, 0.1) is 18.8 Å². The Kier molecular flexibility index (Phi) is 3.86. The molecule has 0 aliphatic carbocycles. The second-order valence-electron chi connectivity index (χ2n) is 4.61. The number of carbonyl (C=O) groups excluding carboxylic acids is 1. The van der Waals surface area contributed by atoms with Crippen LogP contribution in [-0.4, -0.2) is 48.0 Å². The third-order valence-corrected chi connectivity index (χ3v) is 3.30. The summed E-state index contributed by atoms with van der Waals surface area (Å²) in [6, 6.07) is 3.92. The minimum absolute atomic E-state index is 0.439. The molecule has 0 spiro atoms. The van der Waals surface area contributed by atoms with Gasteiger partial charge in [-0.3, -0.25) is 9.88 Å². The van der Waals surface area contributed by atoms with Crippen LogP contribution >= 0.6 is 0 Å². The number of hydrogen-bond acceptors (Lipinski definition) is 4. The van der Waals surface area contributed by atoms with Crippen molar-refractivity contribution < 1.29 is 9.53 Å². The van der Waals surface area contributed by atoms with E-state index in [1.54, 1.807) is 12.4 Å². The molecule has 1 aliphatic heterocycles. The average molecular weight is 234 g/mol. The van der Waals surface area contributed by atoms with E-state index in [1.807, 2.05) is 19.1 Å². The average Bonchev–Trinajstić information content (AvgIpc) is 2.41. The van der Waals surface area contributed by atoms with Crippen LogP contribution in [0.1, 0.15) is 12.5 Å². The third-order valence-electron chi connectivity index (χ3n) is 3.30. The molecule has 2 rings (SSSR count).